The van der Waals surface area contributed by atoms with Crippen molar-refractivity contribution in [2.45, 2.75) is 27.2 Å². The summed E-state index contributed by atoms with van der Waals surface area (Å²) < 4.78 is 5.20. The van der Waals surface area contributed by atoms with E-state index in [0.717, 1.165) is 6.42 Å². The van der Waals surface area contributed by atoms with Crippen molar-refractivity contribution in [1.82, 2.24) is 10.2 Å². The number of amidine groups is 1. The summed E-state index contributed by atoms with van der Waals surface area (Å²) >= 11 is 0. The van der Waals surface area contributed by atoms with Crippen LogP contribution >= 0.6 is 0 Å². The maximum absolute atomic E-state index is 7.08. The molecular weight excluding hydrogens is 192 g/mol. The zero-order valence-corrected chi connectivity index (χ0v) is 9.45. The fourth-order valence-corrected chi connectivity index (χ4v) is 0.747. The molecule has 0 spiro atoms. The number of nitrogen functional groups attached to an aromatic ring is 1. The summed E-state index contributed by atoms with van der Waals surface area (Å²) in [7, 11) is 0. The third-order valence-electron chi connectivity index (χ3n) is 1.37. The number of hydrogen-bond donors (Lipinski definition) is 2. The second kappa shape index (κ2) is 7.73. The first-order chi connectivity index (χ1) is 7.24. The molecular formula is C10H18N4O. The molecule has 0 saturated carbocycles. The molecule has 5 heteroatoms. The van der Waals surface area contributed by atoms with E-state index >= 15 is 0 Å². The van der Waals surface area contributed by atoms with E-state index in [1.807, 2.05) is 20.8 Å². The number of nitrogens with one attached hydrogen (secondary N) is 1. The first kappa shape index (κ1) is 13.4. The fraction of sp³-hybridized carbons (Fsp3) is 0.500. The SMILES string of the molecule is CC.CCCOc1ccc(C(=N)N)nn1. The lowest BCUT2D eigenvalue weighted by Crippen LogP contribution is -2.13. The maximum Gasteiger partial charge on any atom is 0.233 e. The van der Waals surface area contributed by atoms with Crippen molar-refractivity contribution in [2.75, 3.05) is 6.61 Å². The van der Waals surface area contributed by atoms with Crippen LogP contribution in [-0.2, 0) is 0 Å². The third-order valence-corrected chi connectivity index (χ3v) is 1.37. The summed E-state index contributed by atoms with van der Waals surface area (Å²) in [6.45, 7) is 6.63. The van der Waals surface area contributed by atoms with Gasteiger partial charge in [0.2, 0.25) is 5.88 Å². The Bertz CT molecular complexity index is 284. The van der Waals surface area contributed by atoms with E-state index in [0.29, 0.717) is 18.2 Å². The minimum atomic E-state index is -0.0884. The maximum atomic E-state index is 7.08. The van der Waals surface area contributed by atoms with Crippen molar-refractivity contribution in [3.63, 3.8) is 0 Å². The molecule has 0 aliphatic heterocycles. The fourth-order valence-electron chi connectivity index (χ4n) is 0.747. The molecule has 1 heterocycles. The van der Waals surface area contributed by atoms with Gasteiger partial charge in [0.05, 0.1) is 6.61 Å². The van der Waals surface area contributed by atoms with Crippen LogP contribution in [0.3, 0.4) is 0 Å². The lowest BCUT2D eigenvalue weighted by atomic mass is 10.4. The molecule has 0 aliphatic rings. The van der Waals surface area contributed by atoms with Crippen molar-refractivity contribution < 1.29 is 4.74 Å². The molecule has 1 aromatic rings. The second-order valence-corrected chi connectivity index (χ2v) is 2.52. The Morgan fingerprint density at radius 2 is 2.07 bits per heavy atom. The molecule has 0 amide bonds. The number of nitrogens with two attached hydrogens (primary N) is 1. The molecule has 0 fully saturated rings. The van der Waals surface area contributed by atoms with Crippen LogP contribution < -0.4 is 10.5 Å². The van der Waals surface area contributed by atoms with E-state index < -0.39 is 0 Å². The normalized spacial score (nSPS) is 8.73. The molecule has 0 aliphatic carbocycles. The summed E-state index contributed by atoms with van der Waals surface area (Å²) in [5.41, 5.74) is 5.57. The van der Waals surface area contributed by atoms with Crippen LogP contribution in [0.25, 0.3) is 0 Å². The van der Waals surface area contributed by atoms with Gasteiger partial charge in [0.15, 0.2) is 0 Å². The number of ether oxygens (including phenoxy) is 1. The largest absolute Gasteiger partial charge is 0.477 e. The van der Waals surface area contributed by atoms with E-state index in [1.165, 1.54) is 0 Å². The van der Waals surface area contributed by atoms with Gasteiger partial charge in [0, 0.05) is 6.07 Å². The van der Waals surface area contributed by atoms with Gasteiger partial charge in [-0.15, -0.1) is 10.2 Å². The predicted molar refractivity (Wildman–Crippen MR) is 60.2 cm³/mol. The lowest BCUT2D eigenvalue weighted by Gasteiger charge is -2.02. The first-order valence-electron chi connectivity index (χ1n) is 5.05. The van der Waals surface area contributed by atoms with Crippen molar-refractivity contribution in [1.29, 1.82) is 5.41 Å². The number of aromatic nitrogens is 2. The Morgan fingerprint density at radius 3 is 2.47 bits per heavy atom. The summed E-state index contributed by atoms with van der Waals surface area (Å²) in [5.74, 6) is 0.376. The van der Waals surface area contributed by atoms with E-state index in [1.54, 1.807) is 12.1 Å². The minimum absolute atomic E-state index is 0.0884. The van der Waals surface area contributed by atoms with Crippen LogP contribution in [0.5, 0.6) is 5.88 Å². The first-order valence-corrected chi connectivity index (χ1v) is 5.05. The highest BCUT2D eigenvalue weighted by Gasteiger charge is 1.99. The Balaban J connectivity index is 0.000000921. The van der Waals surface area contributed by atoms with E-state index in [4.69, 9.17) is 15.9 Å². The van der Waals surface area contributed by atoms with Gasteiger partial charge >= 0.3 is 0 Å². The molecule has 0 bridgehead atoms. The second-order valence-electron chi connectivity index (χ2n) is 2.52. The molecule has 0 radical (unpaired) electrons. The molecule has 1 rings (SSSR count). The number of nitrogens with zero attached hydrogens (tertiary/aromatic N) is 2. The molecule has 1 aromatic heterocycles. The smallest absolute Gasteiger partial charge is 0.233 e. The van der Waals surface area contributed by atoms with Gasteiger partial charge in [-0.2, -0.15) is 0 Å². The Morgan fingerprint density at radius 1 is 1.40 bits per heavy atom. The van der Waals surface area contributed by atoms with Gasteiger partial charge in [0.1, 0.15) is 11.5 Å². The highest BCUT2D eigenvalue weighted by Crippen LogP contribution is 2.04. The molecule has 0 aromatic carbocycles. The zero-order valence-electron chi connectivity index (χ0n) is 9.45. The van der Waals surface area contributed by atoms with Crippen LogP contribution in [0.1, 0.15) is 32.9 Å². The van der Waals surface area contributed by atoms with Crippen molar-refractivity contribution in [2.24, 2.45) is 5.73 Å². The molecule has 15 heavy (non-hydrogen) atoms. The zero-order chi connectivity index (χ0) is 11.7. The van der Waals surface area contributed by atoms with Crippen molar-refractivity contribution >= 4 is 5.84 Å². The van der Waals surface area contributed by atoms with Crippen molar-refractivity contribution in [3.8, 4) is 5.88 Å². The van der Waals surface area contributed by atoms with Crippen LogP contribution in [0.2, 0.25) is 0 Å². The summed E-state index contributed by atoms with van der Waals surface area (Å²) in [6.07, 6.45) is 0.927. The van der Waals surface area contributed by atoms with Gasteiger partial charge < -0.3 is 10.5 Å². The van der Waals surface area contributed by atoms with E-state index in [-0.39, 0.29) is 5.84 Å². The number of rotatable bonds is 4. The van der Waals surface area contributed by atoms with Crippen LogP contribution in [0.15, 0.2) is 12.1 Å². The molecule has 84 valence electrons. The monoisotopic (exact) mass is 210 g/mol. The van der Waals surface area contributed by atoms with E-state index in [2.05, 4.69) is 10.2 Å². The summed E-state index contributed by atoms with van der Waals surface area (Å²) in [4.78, 5) is 0. The Hall–Kier alpha value is -1.65. The Kier molecular flexibility index (Phi) is 6.88. The van der Waals surface area contributed by atoms with Crippen molar-refractivity contribution in [3.05, 3.63) is 17.8 Å². The highest BCUT2D eigenvalue weighted by atomic mass is 16.5. The average molecular weight is 210 g/mol. The molecule has 3 N–H and O–H groups in total. The quantitative estimate of drug-likeness (QED) is 0.583. The Labute approximate surface area is 90.2 Å². The summed E-state index contributed by atoms with van der Waals surface area (Å²) in [5, 5.41) is 14.5. The van der Waals surface area contributed by atoms with Gasteiger partial charge in [-0.25, -0.2) is 0 Å². The third kappa shape index (κ3) is 4.95. The molecule has 5 nitrogen and oxygen atoms in total. The minimum Gasteiger partial charge on any atom is -0.477 e. The van der Waals surface area contributed by atoms with E-state index in [9.17, 15) is 0 Å². The van der Waals surface area contributed by atoms with Crippen LogP contribution in [0.4, 0.5) is 0 Å². The van der Waals surface area contributed by atoms with Gasteiger partial charge in [0.25, 0.3) is 0 Å². The topological polar surface area (TPSA) is 84.9 Å². The molecule has 0 atom stereocenters. The average Bonchev–Trinajstić information content (AvgIpc) is 2.29. The molecule has 0 saturated heterocycles. The van der Waals surface area contributed by atoms with Gasteiger partial charge in [-0.3, -0.25) is 5.41 Å². The molecule has 0 unspecified atom stereocenters. The van der Waals surface area contributed by atoms with Gasteiger partial charge in [-0.05, 0) is 12.5 Å². The highest BCUT2D eigenvalue weighted by molar-refractivity contribution is 5.92. The van der Waals surface area contributed by atoms with Crippen LogP contribution in [-0.4, -0.2) is 22.6 Å². The number of hydrogen-bond acceptors (Lipinski definition) is 4. The van der Waals surface area contributed by atoms with Gasteiger partial charge in [-0.1, -0.05) is 20.8 Å². The lowest BCUT2D eigenvalue weighted by molar-refractivity contribution is 0.301. The summed E-state index contributed by atoms with van der Waals surface area (Å²) in [6, 6.07) is 3.26. The predicted octanol–water partition coefficient (Wildman–Crippen LogP) is 1.58. The standard InChI is InChI=1S/C8H12N4O.C2H6/c1-2-5-13-7-4-3-6(8(9)10)11-12-7;1-2/h3-4H,2,5H2,1H3,(H3,9,10);1-2H3. The van der Waals surface area contributed by atoms with Crippen LogP contribution in [0, 0.1) is 5.41 Å².